The predicted molar refractivity (Wildman–Crippen MR) is 228 cm³/mol. The second-order valence-corrected chi connectivity index (χ2v) is 44.0. The van der Waals surface area contributed by atoms with Crippen molar-refractivity contribution in [3.63, 3.8) is 0 Å². The second kappa shape index (κ2) is 14.1. The average Bonchev–Trinajstić information content (AvgIpc) is 3.39. The molecule has 4 unspecified atom stereocenters. The Hall–Kier alpha value is -1.53. The van der Waals surface area contributed by atoms with Gasteiger partial charge >= 0.3 is 347 Å². The summed E-state index contributed by atoms with van der Waals surface area (Å²) >= 11 is 9.34. The first kappa shape index (κ1) is 40.7. The van der Waals surface area contributed by atoms with Crippen LogP contribution < -0.4 is 0 Å². The van der Waals surface area contributed by atoms with Crippen LogP contribution in [0.3, 0.4) is 0 Å². The maximum absolute atomic E-state index is 16.2. The molecule has 8 heteroatoms. The Morgan fingerprint density at radius 3 is 1.31 bits per heavy atom. The van der Waals surface area contributed by atoms with Crippen molar-refractivity contribution in [2.24, 2.45) is 0 Å². The predicted octanol–water partition coefficient (Wildman–Crippen LogP) is 15.9. The summed E-state index contributed by atoms with van der Waals surface area (Å²) in [7, 11) is 13.8. The second-order valence-electron chi connectivity index (χ2n) is 18.1. The monoisotopic (exact) mass is 988 g/mol. The van der Waals surface area contributed by atoms with Crippen molar-refractivity contribution >= 4 is 48.4 Å². The molecule has 4 aliphatic carbocycles. The van der Waals surface area contributed by atoms with E-state index in [2.05, 4.69) is 75.5 Å². The Balaban J connectivity index is 1.50. The molecule has 4 atom stereocenters. The van der Waals surface area contributed by atoms with Gasteiger partial charge in [-0.2, -0.15) is 0 Å². The van der Waals surface area contributed by atoms with Gasteiger partial charge in [0.25, 0.3) is 0 Å². The van der Waals surface area contributed by atoms with Gasteiger partial charge in [-0.15, -0.1) is 0 Å². The number of allylic oxidation sites excluding steroid dienone is 16. The van der Waals surface area contributed by atoms with Crippen LogP contribution in [-0.4, -0.2) is 8.07 Å². The minimum atomic E-state index is -4.58. The molecule has 0 saturated heterocycles. The van der Waals surface area contributed by atoms with Crippen molar-refractivity contribution in [3.05, 3.63) is 161 Å². The number of rotatable bonds is 4. The Morgan fingerprint density at radius 2 is 1.00 bits per heavy atom. The molecule has 4 bridgehead atoms. The van der Waals surface area contributed by atoms with Crippen molar-refractivity contribution in [2.45, 2.75) is 111 Å². The SMILES string of the molecule is CCC1=C2C3=C(C=CC=CC3c3cc(F)c(C(C)(C)C)c(Cl)c3)[CH]1[Hf]([Cl])([Cl])[CH]1C3=C(C(=C1CC)[Si]2(C)C)C(c1cc(F)c(C(C)(C)C)c(Cl)c1)C=CC=C3. The third-order valence-electron chi connectivity index (χ3n) is 12.3. The van der Waals surface area contributed by atoms with Crippen LogP contribution in [0.25, 0.3) is 0 Å². The van der Waals surface area contributed by atoms with Crippen LogP contribution in [0.4, 0.5) is 8.78 Å². The summed E-state index contributed by atoms with van der Waals surface area (Å²) in [6.07, 6.45) is 18.9. The number of hydrogen-bond donors (Lipinski definition) is 0. The van der Waals surface area contributed by atoms with E-state index in [0.717, 1.165) is 24.0 Å². The molecule has 0 saturated carbocycles. The standard InChI is InChI=1S/C46H50Cl2F2Si.2ClH.Hf/c1-11-27-21-29-17-13-15-19-33(31-23-35(47)41(37(49)25-31)45(3,4)5)39(29)43(27)51(9,10)44-28(12-2)22-30-18-14-16-20-34(40(30)44)32-24-36(48)42(38(50)26-32)46(6,7)8;;;/h13-26,33-34H,11-12H2,1-10H3;2*1H;/q;;;+2/p-2. The molecule has 5 aliphatic rings. The first-order valence-electron chi connectivity index (χ1n) is 19.2. The van der Waals surface area contributed by atoms with Gasteiger partial charge < -0.3 is 0 Å². The molecule has 0 fully saturated rings. The summed E-state index contributed by atoms with van der Waals surface area (Å²) in [6.45, 7) is 21.4. The van der Waals surface area contributed by atoms with Crippen molar-refractivity contribution in [3.8, 4) is 0 Å². The van der Waals surface area contributed by atoms with E-state index >= 15 is 8.78 Å². The molecule has 284 valence electrons. The van der Waals surface area contributed by atoms with Gasteiger partial charge in [0, 0.05) is 0 Å². The summed E-state index contributed by atoms with van der Waals surface area (Å²) < 4.78 is 32.2. The van der Waals surface area contributed by atoms with Crippen LogP contribution in [0.1, 0.15) is 102 Å². The topological polar surface area (TPSA) is 0 Å². The van der Waals surface area contributed by atoms with Gasteiger partial charge in [0.05, 0.1) is 0 Å². The molecule has 0 nitrogen and oxygen atoms in total. The molecule has 0 spiro atoms. The number of fused-ring (bicyclic) bond motifs is 6. The molecule has 0 N–H and O–H groups in total. The maximum atomic E-state index is 16.2. The van der Waals surface area contributed by atoms with E-state index in [1.807, 2.05) is 53.7 Å². The van der Waals surface area contributed by atoms with Crippen molar-refractivity contribution in [1.82, 2.24) is 0 Å². The number of halogens is 6. The Kier molecular flexibility index (Phi) is 10.6. The number of benzene rings is 2. The van der Waals surface area contributed by atoms with Gasteiger partial charge in [0.1, 0.15) is 0 Å². The molecular formula is C46H50Cl4F2HfSi. The summed E-state index contributed by atoms with van der Waals surface area (Å²) in [6, 6.07) is 7.34. The minimum absolute atomic E-state index is 0.0728. The first-order chi connectivity index (χ1) is 25.2. The third kappa shape index (κ3) is 6.26. The van der Waals surface area contributed by atoms with E-state index in [0.29, 0.717) is 21.2 Å². The fourth-order valence-corrected chi connectivity index (χ4v) is 36.9. The Labute approximate surface area is 343 Å². The zero-order valence-corrected chi connectivity index (χ0v) is 40.5. The first-order valence-corrected chi connectivity index (χ1v) is 36.0. The third-order valence-corrected chi connectivity index (χ3v) is 33.9. The molecule has 7 rings (SSSR count). The van der Waals surface area contributed by atoms with E-state index in [1.165, 1.54) is 43.8 Å². The van der Waals surface area contributed by atoms with Gasteiger partial charge in [-0.05, 0) is 0 Å². The van der Waals surface area contributed by atoms with Crippen LogP contribution in [0.5, 0.6) is 0 Å². The molecule has 0 aromatic heterocycles. The fourth-order valence-electron chi connectivity index (χ4n) is 10.5. The van der Waals surface area contributed by atoms with Crippen molar-refractivity contribution in [1.29, 1.82) is 0 Å². The molecule has 0 amide bonds. The average molecular weight is 989 g/mol. The van der Waals surface area contributed by atoms with E-state index in [9.17, 15) is 0 Å². The molecule has 1 heterocycles. The van der Waals surface area contributed by atoms with Gasteiger partial charge in [-0.1, -0.05) is 0 Å². The van der Waals surface area contributed by atoms with E-state index in [1.54, 1.807) is 12.1 Å². The molecule has 1 aliphatic heterocycles. The van der Waals surface area contributed by atoms with E-state index < -0.39 is 36.5 Å². The molecular weight excluding hydrogens is 939 g/mol. The zero-order chi connectivity index (χ0) is 39.4. The zero-order valence-electron chi connectivity index (χ0n) is 32.9. The summed E-state index contributed by atoms with van der Waals surface area (Å²) in [5, 5.41) is 3.65. The van der Waals surface area contributed by atoms with Crippen LogP contribution in [0.15, 0.2) is 117 Å². The Bertz CT molecular complexity index is 2030. The van der Waals surface area contributed by atoms with Crippen molar-refractivity contribution in [2.75, 3.05) is 0 Å². The van der Waals surface area contributed by atoms with Crippen LogP contribution >= 0.6 is 40.4 Å². The van der Waals surface area contributed by atoms with Gasteiger partial charge in [-0.25, -0.2) is 0 Å². The van der Waals surface area contributed by atoms with Crippen LogP contribution in [0, 0.1) is 11.6 Å². The van der Waals surface area contributed by atoms with E-state index in [4.69, 9.17) is 40.4 Å². The van der Waals surface area contributed by atoms with Crippen LogP contribution in [-0.2, 0) is 28.4 Å². The van der Waals surface area contributed by atoms with Gasteiger partial charge in [-0.3, -0.25) is 0 Å². The number of hydrogen-bond acceptors (Lipinski definition) is 0. The summed E-state index contributed by atoms with van der Waals surface area (Å²) in [5.74, 6) is -1.04. The molecule has 2 aromatic carbocycles. The molecule has 2 aromatic rings. The fraction of sp³-hybridized carbons (Fsp3) is 0.391. The van der Waals surface area contributed by atoms with Crippen LogP contribution in [0.2, 0.25) is 30.5 Å². The van der Waals surface area contributed by atoms with Gasteiger partial charge in [0.2, 0.25) is 0 Å². The van der Waals surface area contributed by atoms with Crippen molar-refractivity contribution < 1.29 is 26.4 Å². The Morgan fingerprint density at radius 1 is 0.630 bits per heavy atom. The van der Waals surface area contributed by atoms with E-state index in [-0.39, 0.29) is 30.8 Å². The molecule has 54 heavy (non-hydrogen) atoms. The summed E-state index contributed by atoms with van der Waals surface area (Å²) in [5.41, 5.74) is 9.39. The summed E-state index contributed by atoms with van der Waals surface area (Å²) in [4.78, 5) is 0. The van der Waals surface area contributed by atoms with Gasteiger partial charge in [0.15, 0.2) is 0 Å². The molecule has 0 radical (unpaired) electrons. The quantitative estimate of drug-likeness (QED) is 0.268. The normalized spacial score (nSPS) is 25.6.